The number of nitrogens with one attached hydrogen (secondary N) is 1. The molecule has 3 aromatic carbocycles. The summed E-state index contributed by atoms with van der Waals surface area (Å²) in [6, 6.07) is 18.6. The van der Waals surface area contributed by atoms with Gasteiger partial charge in [0.15, 0.2) is 0 Å². The van der Waals surface area contributed by atoms with Crippen molar-refractivity contribution in [1.82, 2.24) is 0 Å². The molecule has 0 bridgehead atoms. The summed E-state index contributed by atoms with van der Waals surface area (Å²) < 4.78 is 33.6. The molecule has 0 heterocycles. The molecule has 0 radical (unpaired) electrons. The van der Waals surface area contributed by atoms with Crippen LogP contribution < -0.4 is 15.2 Å². The van der Waals surface area contributed by atoms with Gasteiger partial charge in [0, 0.05) is 6.54 Å². The largest absolute Gasteiger partial charge is 0.456 e. The third kappa shape index (κ3) is 4.42. The molecule has 3 N–H and O–H groups in total. The smallest absolute Gasteiger partial charge is 0.261 e. The monoisotopic (exact) mass is 402 g/mol. The Balaban J connectivity index is 1.81. The average Bonchev–Trinajstić information content (AvgIpc) is 2.66. The van der Waals surface area contributed by atoms with Crippen molar-refractivity contribution in [1.29, 1.82) is 0 Å². The van der Waals surface area contributed by atoms with Gasteiger partial charge in [0.1, 0.15) is 11.5 Å². The Kier molecular flexibility index (Phi) is 5.70. The lowest BCUT2D eigenvalue weighted by atomic mass is 10.1. The van der Waals surface area contributed by atoms with E-state index in [-0.39, 0.29) is 4.90 Å². The highest BCUT2D eigenvalue weighted by molar-refractivity contribution is 7.92. The molecule has 0 aliphatic carbocycles. The summed E-state index contributed by atoms with van der Waals surface area (Å²) in [7, 11) is -3.73. The van der Waals surface area contributed by atoms with Crippen LogP contribution >= 0.6 is 11.6 Å². The van der Waals surface area contributed by atoms with Crippen molar-refractivity contribution < 1.29 is 13.2 Å². The maximum Gasteiger partial charge on any atom is 0.261 e. The van der Waals surface area contributed by atoms with Crippen molar-refractivity contribution in [3.63, 3.8) is 0 Å². The maximum atomic E-state index is 12.7. The minimum Gasteiger partial charge on any atom is -0.456 e. The number of rotatable bonds is 6. The normalized spacial score (nSPS) is 11.2. The molecule has 0 saturated carbocycles. The highest BCUT2D eigenvalue weighted by Gasteiger charge is 2.16. The van der Waals surface area contributed by atoms with E-state index in [1.807, 2.05) is 19.1 Å². The zero-order valence-corrected chi connectivity index (χ0v) is 16.2. The second kappa shape index (κ2) is 8.00. The summed E-state index contributed by atoms with van der Waals surface area (Å²) in [5.74, 6) is 0.991. The third-order valence-electron chi connectivity index (χ3n) is 4.11. The molecule has 27 heavy (non-hydrogen) atoms. The Morgan fingerprint density at radius 2 is 1.70 bits per heavy atom. The van der Waals surface area contributed by atoms with E-state index in [0.717, 1.165) is 11.1 Å². The van der Waals surface area contributed by atoms with Crippen LogP contribution in [0, 0.1) is 6.92 Å². The lowest BCUT2D eigenvalue weighted by molar-refractivity contribution is 0.482. The number of anilines is 1. The van der Waals surface area contributed by atoms with Gasteiger partial charge in [0.05, 0.1) is 15.6 Å². The molecule has 0 aliphatic rings. The van der Waals surface area contributed by atoms with E-state index in [1.54, 1.807) is 42.5 Å². The summed E-state index contributed by atoms with van der Waals surface area (Å²) >= 11 is 6.07. The van der Waals surface area contributed by atoms with E-state index in [4.69, 9.17) is 22.1 Å². The van der Waals surface area contributed by atoms with Crippen LogP contribution in [0.2, 0.25) is 5.02 Å². The molecule has 0 atom stereocenters. The number of hydrogen-bond acceptors (Lipinski definition) is 4. The fraction of sp³-hybridized carbons (Fsp3) is 0.100. The van der Waals surface area contributed by atoms with Crippen LogP contribution in [0.25, 0.3) is 0 Å². The SMILES string of the molecule is Cc1c(CN)cccc1NS(=O)(=O)c1ccc(Oc2ccccc2Cl)cc1. The van der Waals surface area contributed by atoms with Gasteiger partial charge in [0.2, 0.25) is 0 Å². The molecule has 140 valence electrons. The Hall–Kier alpha value is -2.54. The number of para-hydroxylation sites is 1. The molecule has 7 heteroatoms. The number of sulfonamides is 1. The molecule has 5 nitrogen and oxygen atoms in total. The first-order valence-corrected chi connectivity index (χ1v) is 10.1. The number of halogens is 1. The fourth-order valence-corrected chi connectivity index (χ4v) is 3.86. The van der Waals surface area contributed by atoms with E-state index >= 15 is 0 Å². The minimum atomic E-state index is -3.73. The molecule has 3 aromatic rings. The molecule has 0 saturated heterocycles. The maximum absolute atomic E-state index is 12.7. The molecule has 0 amide bonds. The van der Waals surface area contributed by atoms with E-state index < -0.39 is 10.0 Å². The van der Waals surface area contributed by atoms with E-state index in [9.17, 15) is 8.42 Å². The van der Waals surface area contributed by atoms with Gasteiger partial charge in [-0.05, 0) is 60.5 Å². The van der Waals surface area contributed by atoms with Gasteiger partial charge >= 0.3 is 0 Å². The summed E-state index contributed by atoms with van der Waals surface area (Å²) in [4.78, 5) is 0.131. The van der Waals surface area contributed by atoms with Crippen LogP contribution in [0.1, 0.15) is 11.1 Å². The number of ether oxygens (including phenoxy) is 1. The zero-order chi connectivity index (χ0) is 19.4. The lowest BCUT2D eigenvalue weighted by Gasteiger charge is -2.13. The van der Waals surface area contributed by atoms with Crippen LogP contribution in [0.3, 0.4) is 0 Å². The number of hydrogen-bond donors (Lipinski definition) is 2. The van der Waals surface area contributed by atoms with Gasteiger partial charge in [0.25, 0.3) is 10.0 Å². The van der Waals surface area contributed by atoms with Gasteiger partial charge in [-0.1, -0.05) is 35.9 Å². The van der Waals surface area contributed by atoms with E-state index in [2.05, 4.69) is 4.72 Å². The van der Waals surface area contributed by atoms with Crippen molar-refractivity contribution in [2.45, 2.75) is 18.4 Å². The first-order chi connectivity index (χ1) is 12.9. The van der Waals surface area contributed by atoms with Crippen LogP contribution in [-0.2, 0) is 16.6 Å². The lowest BCUT2D eigenvalue weighted by Crippen LogP contribution is -2.14. The van der Waals surface area contributed by atoms with Crippen molar-refractivity contribution in [2.24, 2.45) is 5.73 Å². The van der Waals surface area contributed by atoms with E-state index in [1.165, 1.54) is 12.1 Å². The van der Waals surface area contributed by atoms with Gasteiger partial charge in [-0.2, -0.15) is 0 Å². The summed E-state index contributed by atoms with van der Waals surface area (Å²) in [6.45, 7) is 2.18. The highest BCUT2D eigenvalue weighted by atomic mass is 35.5. The third-order valence-corrected chi connectivity index (χ3v) is 5.80. The predicted molar refractivity (Wildman–Crippen MR) is 108 cm³/mol. The quantitative estimate of drug-likeness (QED) is 0.626. The van der Waals surface area contributed by atoms with Crippen LogP contribution in [-0.4, -0.2) is 8.42 Å². The molecule has 0 aliphatic heterocycles. The Labute approximate surface area is 163 Å². The van der Waals surface area contributed by atoms with Crippen LogP contribution in [0.15, 0.2) is 71.6 Å². The Bertz CT molecular complexity index is 1050. The van der Waals surface area contributed by atoms with Crippen LogP contribution in [0.4, 0.5) is 5.69 Å². The van der Waals surface area contributed by atoms with Gasteiger partial charge in [-0.3, -0.25) is 4.72 Å². The van der Waals surface area contributed by atoms with Crippen LogP contribution in [0.5, 0.6) is 11.5 Å². The highest BCUT2D eigenvalue weighted by Crippen LogP contribution is 2.30. The molecular weight excluding hydrogens is 384 g/mol. The van der Waals surface area contributed by atoms with Gasteiger partial charge in [-0.25, -0.2) is 8.42 Å². The van der Waals surface area contributed by atoms with Crippen molar-refractivity contribution in [3.8, 4) is 11.5 Å². The molecule has 0 spiro atoms. The molecular formula is C20H19ClN2O3S. The molecule has 3 rings (SSSR count). The molecule has 0 fully saturated rings. The van der Waals surface area contributed by atoms with Crippen molar-refractivity contribution in [3.05, 3.63) is 82.9 Å². The van der Waals surface area contributed by atoms with E-state index in [0.29, 0.717) is 28.8 Å². The van der Waals surface area contributed by atoms with Gasteiger partial charge < -0.3 is 10.5 Å². The van der Waals surface area contributed by atoms with Crippen molar-refractivity contribution in [2.75, 3.05) is 4.72 Å². The Morgan fingerprint density at radius 3 is 2.37 bits per heavy atom. The molecule has 0 aromatic heterocycles. The first-order valence-electron chi connectivity index (χ1n) is 8.24. The zero-order valence-electron chi connectivity index (χ0n) is 14.6. The predicted octanol–water partition coefficient (Wildman–Crippen LogP) is 4.70. The average molecular weight is 403 g/mol. The minimum absolute atomic E-state index is 0.131. The number of benzene rings is 3. The molecule has 0 unspecified atom stereocenters. The first kappa shape index (κ1) is 19.2. The van der Waals surface area contributed by atoms with Gasteiger partial charge in [-0.15, -0.1) is 0 Å². The summed E-state index contributed by atoms with van der Waals surface area (Å²) in [6.07, 6.45) is 0. The summed E-state index contributed by atoms with van der Waals surface area (Å²) in [5, 5.41) is 0.478. The number of nitrogens with two attached hydrogens (primary N) is 1. The second-order valence-electron chi connectivity index (χ2n) is 5.90. The standard InChI is InChI=1S/C20H19ClN2O3S/c1-14-15(13-22)5-4-7-19(14)23-27(24,25)17-11-9-16(10-12-17)26-20-8-3-2-6-18(20)21/h2-12,23H,13,22H2,1H3. The topological polar surface area (TPSA) is 81.4 Å². The second-order valence-corrected chi connectivity index (χ2v) is 7.99. The fourth-order valence-electron chi connectivity index (χ4n) is 2.56. The summed E-state index contributed by atoms with van der Waals surface area (Å²) in [5.41, 5.74) is 7.89. The Morgan fingerprint density at radius 1 is 1.00 bits per heavy atom. The van der Waals surface area contributed by atoms with Crippen molar-refractivity contribution >= 4 is 27.3 Å².